The molecule has 1 atom stereocenters. The minimum Gasteiger partial charge on any atom is -0.473 e. The minimum absolute atomic E-state index is 0.225. The van der Waals surface area contributed by atoms with Crippen LogP contribution in [0.4, 0.5) is 0 Å². The van der Waals surface area contributed by atoms with Crippen molar-refractivity contribution in [3.8, 4) is 5.75 Å². The lowest BCUT2D eigenvalue weighted by molar-refractivity contribution is -0.134. The molecule has 0 amide bonds. The van der Waals surface area contributed by atoms with Gasteiger partial charge in [0.1, 0.15) is 16.9 Å². The Kier molecular flexibility index (Phi) is 5.79. The number of rotatable bonds is 6. The number of alkyl halides is 2. The summed E-state index contributed by atoms with van der Waals surface area (Å²) in [5, 5.41) is 7.08. The number of hydrogen-bond acceptors (Lipinski definition) is 4. The molecule has 2 rings (SSSR count). The van der Waals surface area contributed by atoms with Gasteiger partial charge in [-0.25, -0.2) is 4.98 Å². The number of benzene rings is 1. The molecule has 5 nitrogen and oxygen atoms in total. The van der Waals surface area contributed by atoms with Crippen LogP contribution in [-0.4, -0.2) is 25.8 Å². The Labute approximate surface area is 153 Å². The van der Waals surface area contributed by atoms with Gasteiger partial charge < -0.3 is 4.74 Å². The van der Waals surface area contributed by atoms with Crippen molar-refractivity contribution >= 4 is 52.2 Å². The molecule has 1 aromatic heterocycles. The highest BCUT2D eigenvalue weighted by Crippen LogP contribution is 2.37. The maximum atomic E-state index is 12.8. The first-order chi connectivity index (χ1) is 10.7. The third-order valence-electron chi connectivity index (χ3n) is 3.24. The Bertz CT molecular complexity index is 689. The molecule has 0 saturated carbocycles. The highest BCUT2D eigenvalue weighted by Gasteiger charge is 2.42. The van der Waals surface area contributed by atoms with Gasteiger partial charge in [-0.2, -0.15) is 5.10 Å². The number of nitrogens with one attached hydrogen (secondary N) is 1. The summed E-state index contributed by atoms with van der Waals surface area (Å²) >= 11 is 23.8. The summed E-state index contributed by atoms with van der Waals surface area (Å²) in [5.41, 5.74) is -1.07. The molecule has 23 heavy (non-hydrogen) atoms. The minimum atomic E-state index is -1.09. The smallest absolute Gasteiger partial charge is 0.216 e. The molecule has 0 saturated heterocycles. The van der Waals surface area contributed by atoms with Crippen LogP contribution in [0.5, 0.6) is 5.75 Å². The van der Waals surface area contributed by atoms with E-state index in [9.17, 15) is 4.79 Å². The van der Waals surface area contributed by atoms with E-state index < -0.39 is 16.4 Å². The second-order valence-electron chi connectivity index (χ2n) is 5.33. The third kappa shape index (κ3) is 4.10. The zero-order valence-corrected chi connectivity index (χ0v) is 15.2. The monoisotopic (exact) mass is 395 g/mol. The number of carbonyl (C=O) groups excluding carboxylic acids is 1. The number of ether oxygens (including phenoxy) is 1. The average molecular weight is 397 g/mol. The molecule has 0 fully saturated rings. The molecule has 9 heteroatoms. The van der Waals surface area contributed by atoms with E-state index in [1.807, 2.05) is 0 Å². The average Bonchev–Trinajstić information content (AvgIpc) is 2.99. The third-order valence-corrected chi connectivity index (χ3v) is 4.86. The fraction of sp³-hybridized carbons (Fsp3) is 0.357. The summed E-state index contributed by atoms with van der Waals surface area (Å²) in [6, 6.07) is 4.67. The largest absolute Gasteiger partial charge is 0.473 e. The van der Waals surface area contributed by atoms with Crippen LogP contribution in [0.3, 0.4) is 0 Å². The van der Waals surface area contributed by atoms with E-state index in [1.165, 1.54) is 12.4 Å². The molecule has 0 aliphatic rings. The molecule has 0 aliphatic heterocycles. The number of ketones is 1. The Balaban J connectivity index is 2.38. The van der Waals surface area contributed by atoms with Gasteiger partial charge in [-0.1, -0.05) is 37.0 Å². The van der Waals surface area contributed by atoms with Crippen molar-refractivity contribution in [2.45, 2.75) is 24.8 Å². The maximum absolute atomic E-state index is 12.8. The van der Waals surface area contributed by atoms with E-state index in [0.29, 0.717) is 5.02 Å². The first-order valence-corrected chi connectivity index (χ1v) is 8.15. The van der Waals surface area contributed by atoms with Gasteiger partial charge in [-0.05, 0) is 18.2 Å². The quantitative estimate of drug-likeness (QED) is 0.722. The van der Waals surface area contributed by atoms with Crippen molar-refractivity contribution in [3.05, 3.63) is 40.4 Å². The van der Waals surface area contributed by atoms with Crippen LogP contribution < -0.4 is 4.74 Å². The summed E-state index contributed by atoms with van der Waals surface area (Å²) in [6.45, 7) is 3.24. The van der Waals surface area contributed by atoms with E-state index >= 15 is 0 Å². The number of aromatic nitrogens is 3. The number of hydrogen-bond donors (Lipinski definition) is 1. The molecule has 0 radical (unpaired) electrons. The number of halogens is 4. The van der Waals surface area contributed by atoms with Gasteiger partial charge in [0, 0.05) is 5.02 Å². The zero-order valence-electron chi connectivity index (χ0n) is 12.2. The fourth-order valence-electron chi connectivity index (χ4n) is 1.72. The van der Waals surface area contributed by atoms with Gasteiger partial charge in [-0.15, -0.1) is 23.2 Å². The van der Waals surface area contributed by atoms with Crippen molar-refractivity contribution in [1.29, 1.82) is 0 Å². The topological polar surface area (TPSA) is 67.9 Å². The summed E-state index contributed by atoms with van der Waals surface area (Å²) in [5.74, 6) is 0.139. The first-order valence-electron chi connectivity index (χ1n) is 6.53. The molecule has 1 unspecified atom stereocenters. The van der Waals surface area contributed by atoms with Crippen molar-refractivity contribution < 1.29 is 9.53 Å². The predicted molar refractivity (Wildman–Crippen MR) is 90.5 cm³/mol. The maximum Gasteiger partial charge on any atom is 0.216 e. The highest BCUT2D eigenvalue weighted by atomic mass is 35.5. The normalized spacial score (nSPS) is 13.2. The van der Waals surface area contributed by atoms with Gasteiger partial charge in [0.05, 0.1) is 10.4 Å². The van der Waals surface area contributed by atoms with E-state index in [4.69, 9.17) is 51.1 Å². The van der Waals surface area contributed by atoms with Gasteiger partial charge in [0.25, 0.3) is 0 Å². The Morgan fingerprint density at radius 2 is 2.00 bits per heavy atom. The summed E-state index contributed by atoms with van der Waals surface area (Å²) in [7, 11) is 0. The van der Waals surface area contributed by atoms with Crippen LogP contribution in [0.15, 0.2) is 24.5 Å². The molecule has 0 spiro atoms. The van der Waals surface area contributed by atoms with Crippen molar-refractivity contribution in [1.82, 2.24) is 15.2 Å². The van der Waals surface area contributed by atoms with E-state index in [2.05, 4.69) is 15.2 Å². The van der Waals surface area contributed by atoms with Gasteiger partial charge in [0.2, 0.25) is 6.10 Å². The lowest BCUT2D eigenvalue weighted by Gasteiger charge is -2.28. The van der Waals surface area contributed by atoms with Gasteiger partial charge >= 0.3 is 0 Å². The van der Waals surface area contributed by atoms with Crippen LogP contribution in [0, 0.1) is 5.41 Å². The van der Waals surface area contributed by atoms with Crippen LogP contribution in [-0.2, 0) is 4.79 Å². The number of nitrogens with zero attached hydrogens (tertiary/aromatic N) is 2. The second kappa shape index (κ2) is 7.26. The Morgan fingerprint density at radius 1 is 1.30 bits per heavy atom. The van der Waals surface area contributed by atoms with Crippen molar-refractivity contribution in [3.63, 3.8) is 0 Å². The van der Waals surface area contributed by atoms with Crippen LogP contribution in [0.2, 0.25) is 10.0 Å². The lowest BCUT2D eigenvalue weighted by Crippen LogP contribution is -2.37. The van der Waals surface area contributed by atoms with Crippen LogP contribution in [0.1, 0.15) is 25.8 Å². The van der Waals surface area contributed by atoms with Crippen molar-refractivity contribution in [2.24, 2.45) is 5.41 Å². The highest BCUT2D eigenvalue weighted by molar-refractivity contribution is 6.46. The van der Waals surface area contributed by atoms with Crippen LogP contribution in [0.25, 0.3) is 0 Å². The first kappa shape index (κ1) is 18.3. The Morgan fingerprint density at radius 3 is 2.52 bits per heavy atom. The SMILES string of the molecule is CC(C)(C(=O)C(Oc1ccc(Cl)cc1Cl)c1ncn[nH]1)C(Cl)Cl. The van der Waals surface area contributed by atoms with E-state index in [-0.39, 0.29) is 22.4 Å². The molecule has 2 aromatic rings. The summed E-state index contributed by atoms with van der Waals surface area (Å²) in [4.78, 5) is 15.9. The molecule has 1 aromatic carbocycles. The second-order valence-corrected chi connectivity index (χ2v) is 7.27. The summed E-state index contributed by atoms with van der Waals surface area (Å²) < 4.78 is 5.75. The molecule has 1 N–H and O–H groups in total. The van der Waals surface area contributed by atoms with E-state index in [1.54, 1.807) is 26.0 Å². The molecule has 1 heterocycles. The zero-order chi connectivity index (χ0) is 17.2. The molecular weight excluding hydrogens is 384 g/mol. The molecule has 0 bridgehead atoms. The van der Waals surface area contributed by atoms with Gasteiger partial charge in [0.15, 0.2) is 11.6 Å². The predicted octanol–water partition coefficient (Wildman–Crippen LogP) is 4.63. The fourth-order valence-corrected chi connectivity index (χ4v) is 2.39. The molecule has 0 aliphatic carbocycles. The van der Waals surface area contributed by atoms with Gasteiger partial charge in [-0.3, -0.25) is 9.89 Å². The lowest BCUT2D eigenvalue weighted by atomic mass is 9.86. The standard InChI is InChI=1S/C14H13Cl4N3O2/c1-14(2,13(17)18)11(22)10(12-19-6-20-21-12)23-9-4-3-7(15)5-8(9)16/h3-6,10,13H,1-2H3,(H,19,20,21). The number of Topliss-reactive ketones (excluding diaryl/α,β-unsaturated/α-hetero) is 1. The number of carbonyl (C=O) groups is 1. The number of aromatic amines is 1. The van der Waals surface area contributed by atoms with E-state index in [0.717, 1.165) is 0 Å². The van der Waals surface area contributed by atoms with Crippen molar-refractivity contribution in [2.75, 3.05) is 0 Å². The molecular formula is C14H13Cl4N3O2. The number of H-pyrrole nitrogens is 1. The van der Waals surface area contributed by atoms with Crippen LogP contribution >= 0.6 is 46.4 Å². The summed E-state index contributed by atoms with van der Waals surface area (Å²) in [6.07, 6.45) is 0.181. The Hall–Kier alpha value is -1.01. The molecule has 124 valence electrons.